The van der Waals surface area contributed by atoms with Gasteiger partial charge in [0.25, 0.3) is 0 Å². The molecule has 0 saturated carbocycles. The van der Waals surface area contributed by atoms with Crippen molar-refractivity contribution in [2.45, 2.75) is 17.9 Å². The molecule has 32 heavy (non-hydrogen) atoms. The van der Waals surface area contributed by atoms with Crippen molar-refractivity contribution in [1.29, 1.82) is 5.26 Å². The summed E-state index contributed by atoms with van der Waals surface area (Å²) < 4.78 is 25.1. The molecule has 6 nitrogen and oxygen atoms in total. The first-order valence-electron chi connectivity index (χ1n) is 9.96. The normalized spacial score (nSPS) is 11.1. The molecular formula is C24H23FN4O2S. The highest BCUT2D eigenvalue weighted by Gasteiger charge is 2.05. The van der Waals surface area contributed by atoms with Crippen molar-refractivity contribution in [2.75, 3.05) is 12.3 Å². The van der Waals surface area contributed by atoms with Crippen LogP contribution in [0.5, 0.6) is 5.75 Å². The minimum absolute atomic E-state index is 0.259. The third-order valence-corrected chi connectivity index (χ3v) is 5.36. The molecule has 8 heteroatoms. The van der Waals surface area contributed by atoms with Gasteiger partial charge in [-0.3, -0.25) is 0 Å². The molecule has 0 aliphatic heterocycles. The van der Waals surface area contributed by atoms with Gasteiger partial charge in [-0.25, -0.2) is 9.37 Å². The number of thioether (sulfide) groups is 1. The molecule has 3 aromatic rings. The zero-order valence-electron chi connectivity index (χ0n) is 17.3. The number of halogens is 1. The molecule has 0 bridgehead atoms. The predicted octanol–water partition coefficient (Wildman–Crippen LogP) is 4.94. The number of ether oxygens (including phenoxy) is 1. The van der Waals surface area contributed by atoms with Crippen LogP contribution in [0.4, 0.5) is 4.39 Å². The molecule has 0 aliphatic carbocycles. The minimum atomic E-state index is -0.475. The molecule has 0 saturated heterocycles. The van der Waals surface area contributed by atoms with E-state index in [4.69, 9.17) is 20.1 Å². The lowest BCUT2D eigenvalue weighted by Gasteiger charge is -2.06. The fourth-order valence-electron chi connectivity index (χ4n) is 2.66. The number of nitriles is 1. The third-order valence-electron chi connectivity index (χ3n) is 4.26. The quantitative estimate of drug-likeness (QED) is 0.316. The Morgan fingerprint density at radius 1 is 1.22 bits per heavy atom. The summed E-state index contributed by atoms with van der Waals surface area (Å²) in [5.74, 6) is 1.62. The molecular weight excluding hydrogens is 427 g/mol. The van der Waals surface area contributed by atoms with Gasteiger partial charge in [0, 0.05) is 35.5 Å². The standard InChI is InChI=1S/C24H23FN4O2S/c25-23-14-18(15-27)2-3-19(23)4-9-24-29-20(17-31-24)16-30-21-5-7-22(8-6-21)32-13-1-11-28-12-10-26/h2-10,12,14,17,28H,1,11,13,16,26H2/b9-4+,12-10-. The van der Waals surface area contributed by atoms with Crippen LogP contribution in [0.1, 0.15) is 29.1 Å². The third kappa shape index (κ3) is 7.22. The van der Waals surface area contributed by atoms with E-state index in [1.807, 2.05) is 30.3 Å². The van der Waals surface area contributed by atoms with Crippen molar-refractivity contribution in [3.63, 3.8) is 0 Å². The summed E-state index contributed by atoms with van der Waals surface area (Å²) in [6.07, 6.45) is 8.89. The van der Waals surface area contributed by atoms with E-state index in [-0.39, 0.29) is 12.2 Å². The Kier molecular flexibility index (Phi) is 8.78. The van der Waals surface area contributed by atoms with Crippen LogP contribution < -0.4 is 15.8 Å². The summed E-state index contributed by atoms with van der Waals surface area (Å²) in [6, 6.07) is 14.1. The molecule has 3 rings (SSSR count). The minimum Gasteiger partial charge on any atom is -0.487 e. The molecule has 3 N–H and O–H groups in total. The number of hydrogen-bond donors (Lipinski definition) is 2. The summed E-state index contributed by atoms with van der Waals surface area (Å²) in [5, 5.41) is 11.9. The van der Waals surface area contributed by atoms with Crippen LogP contribution >= 0.6 is 11.8 Å². The highest BCUT2D eigenvalue weighted by molar-refractivity contribution is 7.99. The van der Waals surface area contributed by atoms with Gasteiger partial charge in [0.1, 0.15) is 30.1 Å². The second-order valence-corrected chi connectivity index (χ2v) is 7.80. The summed E-state index contributed by atoms with van der Waals surface area (Å²) in [5.41, 5.74) is 6.52. The second-order valence-electron chi connectivity index (χ2n) is 6.63. The van der Waals surface area contributed by atoms with Gasteiger partial charge >= 0.3 is 0 Å². The molecule has 0 spiro atoms. The molecule has 0 unspecified atom stereocenters. The molecule has 0 amide bonds. The fourth-order valence-corrected chi connectivity index (χ4v) is 3.52. The Morgan fingerprint density at radius 3 is 2.81 bits per heavy atom. The van der Waals surface area contributed by atoms with Crippen molar-refractivity contribution < 1.29 is 13.5 Å². The zero-order chi connectivity index (χ0) is 22.6. The van der Waals surface area contributed by atoms with Gasteiger partial charge < -0.3 is 20.2 Å². The van der Waals surface area contributed by atoms with Gasteiger partial charge in [-0.15, -0.1) is 11.8 Å². The van der Waals surface area contributed by atoms with E-state index in [9.17, 15) is 4.39 Å². The van der Waals surface area contributed by atoms with Crippen LogP contribution in [0.2, 0.25) is 0 Å². The number of aromatic nitrogens is 1. The van der Waals surface area contributed by atoms with Gasteiger partial charge in [0.2, 0.25) is 5.89 Å². The van der Waals surface area contributed by atoms with Gasteiger partial charge in [0.15, 0.2) is 0 Å². The molecule has 1 heterocycles. The highest BCUT2D eigenvalue weighted by atomic mass is 32.2. The van der Waals surface area contributed by atoms with Gasteiger partial charge in [-0.05, 0) is 54.6 Å². The number of nitrogens with one attached hydrogen (secondary N) is 1. The molecule has 0 atom stereocenters. The number of nitrogens with zero attached hydrogens (tertiary/aromatic N) is 2. The number of oxazole rings is 1. The Labute approximate surface area is 190 Å². The van der Waals surface area contributed by atoms with Crippen molar-refractivity contribution in [1.82, 2.24) is 10.3 Å². The van der Waals surface area contributed by atoms with Crippen LogP contribution in [0, 0.1) is 17.1 Å². The molecule has 0 radical (unpaired) electrons. The lowest BCUT2D eigenvalue weighted by molar-refractivity contribution is 0.301. The molecule has 1 aromatic heterocycles. The molecule has 0 fully saturated rings. The van der Waals surface area contributed by atoms with E-state index in [2.05, 4.69) is 10.3 Å². The molecule has 164 valence electrons. The van der Waals surface area contributed by atoms with E-state index in [0.29, 0.717) is 17.1 Å². The monoisotopic (exact) mass is 450 g/mol. The topological polar surface area (TPSA) is 97.1 Å². The highest BCUT2D eigenvalue weighted by Crippen LogP contribution is 2.22. The van der Waals surface area contributed by atoms with E-state index in [0.717, 1.165) is 24.5 Å². The first-order valence-corrected chi connectivity index (χ1v) is 10.9. The Balaban J connectivity index is 1.45. The van der Waals surface area contributed by atoms with Crippen molar-refractivity contribution in [3.05, 3.63) is 89.7 Å². The van der Waals surface area contributed by atoms with Crippen molar-refractivity contribution in [2.24, 2.45) is 5.73 Å². The largest absolute Gasteiger partial charge is 0.487 e. The van der Waals surface area contributed by atoms with Gasteiger partial charge in [0.05, 0.1) is 11.6 Å². The number of nitrogens with two attached hydrogens (primary N) is 1. The molecule has 0 aliphatic rings. The second kappa shape index (κ2) is 12.2. The van der Waals surface area contributed by atoms with Crippen LogP contribution in [0.3, 0.4) is 0 Å². The number of hydrogen-bond acceptors (Lipinski definition) is 7. The van der Waals surface area contributed by atoms with E-state index >= 15 is 0 Å². The van der Waals surface area contributed by atoms with Crippen LogP contribution in [0.25, 0.3) is 12.2 Å². The first kappa shape index (κ1) is 23.0. The maximum atomic E-state index is 13.9. The molecule has 2 aromatic carbocycles. The number of rotatable bonds is 11. The summed E-state index contributed by atoms with van der Waals surface area (Å²) in [4.78, 5) is 5.49. The van der Waals surface area contributed by atoms with Gasteiger partial charge in [-0.2, -0.15) is 5.26 Å². The Morgan fingerprint density at radius 2 is 2.06 bits per heavy atom. The van der Waals surface area contributed by atoms with E-state index in [1.54, 1.807) is 36.2 Å². The predicted molar refractivity (Wildman–Crippen MR) is 124 cm³/mol. The van der Waals surface area contributed by atoms with Crippen molar-refractivity contribution >= 4 is 23.9 Å². The van der Waals surface area contributed by atoms with Gasteiger partial charge in [-0.1, -0.05) is 6.07 Å². The van der Waals surface area contributed by atoms with Crippen LogP contribution in [-0.2, 0) is 6.61 Å². The maximum Gasteiger partial charge on any atom is 0.218 e. The van der Waals surface area contributed by atoms with E-state index in [1.165, 1.54) is 29.5 Å². The van der Waals surface area contributed by atoms with Crippen LogP contribution in [-0.4, -0.2) is 17.3 Å². The lowest BCUT2D eigenvalue weighted by Crippen LogP contribution is -2.08. The smallest absolute Gasteiger partial charge is 0.218 e. The summed E-state index contributed by atoms with van der Waals surface area (Å²) in [7, 11) is 0. The van der Waals surface area contributed by atoms with Crippen LogP contribution in [0.15, 0.2) is 70.4 Å². The first-order chi connectivity index (χ1) is 15.7. The Hall–Kier alpha value is -3.70. The Bertz CT molecular complexity index is 1100. The zero-order valence-corrected chi connectivity index (χ0v) is 18.1. The van der Waals surface area contributed by atoms with E-state index < -0.39 is 5.82 Å². The summed E-state index contributed by atoms with van der Waals surface area (Å²) >= 11 is 1.78. The fraction of sp³-hybridized carbons (Fsp3) is 0.167. The summed E-state index contributed by atoms with van der Waals surface area (Å²) in [6.45, 7) is 1.15. The SMILES string of the molecule is N#Cc1ccc(/C=C/c2nc(COc3ccc(SCCCN/C=C\N)cc3)co2)c(F)c1. The van der Waals surface area contributed by atoms with Crippen molar-refractivity contribution in [3.8, 4) is 11.8 Å². The average Bonchev–Trinajstić information content (AvgIpc) is 3.27. The average molecular weight is 451 g/mol. The number of benzene rings is 2. The lowest BCUT2D eigenvalue weighted by atomic mass is 10.1. The maximum absolute atomic E-state index is 13.9.